The average molecular weight is 405 g/mol. The van der Waals surface area contributed by atoms with Crippen LogP contribution >= 0.6 is 0 Å². The zero-order valence-electron chi connectivity index (χ0n) is 17.4. The first-order valence-electron chi connectivity index (χ1n) is 10.5. The van der Waals surface area contributed by atoms with Crippen molar-refractivity contribution < 1.29 is 14.3 Å². The van der Waals surface area contributed by atoms with Crippen molar-refractivity contribution in [1.82, 2.24) is 9.80 Å². The van der Waals surface area contributed by atoms with E-state index in [2.05, 4.69) is 6.58 Å². The number of carbonyl (C=O) groups excluding carboxylic acids is 2. The summed E-state index contributed by atoms with van der Waals surface area (Å²) in [6, 6.07) is 17.9. The molecule has 2 amide bonds. The summed E-state index contributed by atoms with van der Waals surface area (Å²) in [7, 11) is 0. The molecular weight excluding hydrogens is 376 g/mol. The topological polar surface area (TPSA) is 49.9 Å². The second-order valence-corrected chi connectivity index (χ2v) is 8.20. The molecule has 1 fully saturated rings. The van der Waals surface area contributed by atoms with E-state index in [1.807, 2.05) is 66.4 Å². The lowest BCUT2D eigenvalue weighted by Crippen LogP contribution is -2.54. The lowest BCUT2D eigenvalue weighted by atomic mass is 9.71. The Morgan fingerprint density at radius 3 is 2.40 bits per heavy atom. The van der Waals surface area contributed by atoms with Crippen LogP contribution in [0.3, 0.4) is 0 Å². The third kappa shape index (κ3) is 3.72. The molecule has 1 atom stereocenters. The van der Waals surface area contributed by atoms with Gasteiger partial charge in [-0.2, -0.15) is 0 Å². The number of amides is 2. The lowest BCUT2D eigenvalue weighted by Gasteiger charge is -2.43. The Balaban J connectivity index is 1.67. The highest BCUT2D eigenvalue weighted by Gasteiger charge is 2.46. The number of para-hydroxylation sites is 1. The van der Waals surface area contributed by atoms with Gasteiger partial charge in [0.25, 0.3) is 0 Å². The molecule has 2 aliphatic heterocycles. The fourth-order valence-corrected chi connectivity index (χ4v) is 4.66. The van der Waals surface area contributed by atoms with Crippen LogP contribution in [0.2, 0.25) is 0 Å². The van der Waals surface area contributed by atoms with Crippen LogP contribution in [0.4, 0.5) is 0 Å². The Labute approximate surface area is 177 Å². The van der Waals surface area contributed by atoms with Gasteiger partial charge >= 0.3 is 0 Å². The van der Waals surface area contributed by atoms with E-state index < -0.39 is 5.41 Å². The first-order chi connectivity index (χ1) is 14.5. The third-order valence-electron chi connectivity index (χ3n) is 6.27. The van der Waals surface area contributed by atoms with Gasteiger partial charge in [0.15, 0.2) is 0 Å². The van der Waals surface area contributed by atoms with Crippen molar-refractivity contribution in [2.24, 2.45) is 0 Å². The van der Waals surface area contributed by atoms with Crippen LogP contribution in [0, 0.1) is 0 Å². The van der Waals surface area contributed by atoms with Gasteiger partial charge in [0.1, 0.15) is 11.9 Å². The summed E-state index contributed by atoms with van der Waals surface area (Å²) in [5, 5.41) is 0. The van der Waals surface area contributed by atoms with Crippen molar-refractivity contribution in [3.63, 3.8) is 0 Å². The molecule has 2 aromatic rings. The van der Waals surface area contributed by atoms with Crippen molar-refractivity contribution in [3.8, 4) is 5.75 Å². The molecular formula is C25H28N2O3. The maximum Gasteiger partial charge on any atom is 0.245 e. The zero-order valence-corrected chi connectivity index (χ0v) is 17.4. The molecule has 0 bridgehead atoms. The Morgan fingerprint density at radius 1 is 1.03 bits per heavy atom. The van der Waals surface area contributed by atoms with Crippen molar-refractivity contribution in [2.45, 2.75) is 37.8 Å². The van der Waals surface area contributed by atoms with E-state index in [0.29, 0.717) is 39.0 Å². The van der Waals surface area contributed by atoms with Crippen molar-refractivity contribution in [2.75, 3.05) is 19.6 Å². The van der Waals surface area contributed by atoms with Gasteiger partial charge in [-0.15, -0.1) is 0 Å². The second-order valence-electron chi connectivity index (χ2n) is 8.20. The van der Waals surface area contributed by atoms with Gasteiger partial charge in [-0.3, -0.25) is 9.59 Å². The van der Waals surface area contributed by atoms with Crippen LogP contribution in [0.15, 0.2) is 67.3 Å². The number of ether oxygens (including phenoxy) is 1. The van der Waals surface area contributed by atoms with Crippen molar-refractivity contribution in [3.05, 3.63) is 78.4 Å². The number of hydrogen-bond donors (Lipinski definition) is 0. The summed E-state index contributed by atoms with van der Waals surface area (Å²) in [5.74, 6) is 0.891. The molecule has 2 heterocycles. The number of nitrogens with zero attached hydrogens (tertiary/aromatic N) is 2. The molecule has 0 radical (unpaired) electrons. The monoisotopic (exact) mass is 404 g/mol. The highest BCUT2D eigenvalue weighted by atomic mass is 16.5. The predicted molar refractivity (Wildman–Crippen MR) is 116 cm³/mol. The van der Waals surface area contributed by atoms with Gasteiger partial charge in [-0.1, -0.05) is 55.1 Å². The number of piperidine rings is 1. The molecule has 5 heteroatoms. The van der Waals surface area contributed by atoms with Gasteiger partial charge in [-0.05, 0) is 37.5 Å². The highest BCUT2D eigenvalue weighted by molar-refractivity contribution is 5.90. The molecule has 156 valence electrons. The normalized spacial score (nSPS) is 20.5. The van der Waals surface area contributed by atoms with Gasteiger partial charge in [0.05, 0.1) is 12.0 Å². The molecule has 0 aliphatic carbocycles. The number of rotatable bonds is 3. The van der Waals surface area contributed by atoms with E-state index in [-0.39, 0.29) is 17.9 Å². The molecule has 30 heavy (non-hydrogen) atoms. The molecule has 0 saturated carbocycles. The van der Waals surface area contributed by atoms with E-state index in [1.54, 1.807) is 4.90 Å². The molecule has 5 nitrogen and oxygen atoms in total. The average Bonchev–Trinajstić information content (AvgIpc) is 2.96. The summed E-state index contributed by atoms with van der Waals surface area (Å²) in [6.07, 6.45) is 2.46. The minimum Gasteiger partial charge on any atom is -0.489 e. The number of likely N-dealkylation sites (tertiary alicyclic amines) is 1. The molecule has 0 aromatic heterocycles. The zero-order chi connectivity index (χ0) is 21.1. The lowest BCUT2D eigenvalue weighted by molar-refractivity contribution is -0.143. The fourth-order valence-electron chi connectivity index (χ4n) is 4.66. The standard InChI is InChI=1S/C25H28N2O3/c1-3-23(28)26-15-13-25(14-16-26,21-10-5-4-6-11-21)24(29)27-17-19(2)30-22-12-8-7-9-20(22)18-27/h3-12,19H,1,13-18H2,2H3. The third-order valence-corrected chi connectivity index (χ3v) is 6.27. The largest absolute Gasteiger partial charge is 0.489 e. The van der Waals surface area contributed by atoms with Crippen LogP contribution in [0.5, 0.6) is 5.75 Å². The van der Waals surface area contributed by atoms with Crippen LogP contribution in [-0.2, 0) is 21.5 Å². The Hall–Kier alpha value is -3.08. The number of hydrogen-bond acceptors (Lipinski definition) is 3. The smallest absolute Gasteiger partial charge is 0.245 e. The predicted octanol–water partition coefficient (Wildman–Crippen LogP) is 3.54. The minimum absolute atomic E-state index is 0.0742. The number of fused-ring (bicyclic) bond motifs is 1. The van der Waals surface area contributed by atoms with Crippen molar-refractivity contribution in [1.29, 1.82) is 0 Å². The van der Waals surface area contributed by atoms with Gasteiger partial charge in [-0.25, -0.2) is 0 Å². The van der Waals surface area contributed by atoms with Crippen LogP contribution in [-0.4, -0.2) is 47.4 Å². The van der Waals surface area contributed by atoms with E-state index >= 15 is 0 Å². The number of benzene rings is 2. The molecule has 0 N–H and O–H groups in total. The van der Waals surface area contributed by atoms with E-state index in [1.165, 1.54) is 6.08 Å². The Kier molecular flexibility index (Phi) is 5.62. The first-order valence-corrected chi connectivity index (χ1v) is 10.5. The summed E-state index contributed by atoms with van der Waals surface area (Å²) in [5.41, 5.74) is 1.41. The summed E-state index contributed by atoms with van der Waals surface area (Å²) < 4.78 is 6.07. The molecule has 0 spiro atoms. The Morgan fingerprint density at radius 2 is 1.70 bits per heavy atom. The molecule has 1 unspecified atom stereocenters. The van der Waals surface area contributed by atoms with E-state index in [9.17, 15) is 9.59 Å². The van der Waals surface area contributed by atoms with E-state index in [0.717, 1.165) is 16.9 Å². The van der Waals surface area contributed by atoms with Crippen LogP contribution < -0.4 is 4.74 Å². The summed E-state index contributed by atoms with van der Waals surface area (Å²) >= 11 is 0. The molecule has 2 aromatic carbocycles. The molecule has 1 saturated heterocycles. The first kappa shape index (κ1) is 20.2. The quantitative estimate of drug-likeness (QED) is 0.736. The summed E-state index contributed by atoms with van der Waals surface area (Å²) in [6.45, 7) is 7.76. The SMILES string of the molecule is C=CC(=O)N1CCC(C(=O)N2Cc3ccccc3OC(C)C2)(c2ccccc2)CC1. The van der Waals surface area contributed by atoms with Gasteiger partial charge in [0.2, 0.25) is 11.8 Å². The van der Waals surface area contributed by atoms with Crippen LogP contribution in [0.25, 0.3) is 0 Å². The summed E-state index contributed by atoms with van der Waals surface area (Å²) in [4.78, 5) is 29.9. The highest BCUT2D eigenvalue weighted by Crippen LogP contribution is 2.39. The van der Waals surface area contributed by atoms with E-state index in [4.69, 9.17) is 4.74 Å². The van der Waals surface area contributed by atoms with Crippen molar-refractivity contribution >= 4 is 11.8 Å². The fraction of sp³-hybridized carbons (Fsp3) is 0.360. The van der Waals surface area contributed by atoms with Gasteiger partial charge < -0.3 is 14.5 Å². The Bertz CT molecular complexity index is 932. The second kappa shape index (κ2) is 8.34. The number of carbonyl (C=O) groups is 2. The maximum absolute atomic E-state index is 14.1. The molecule has 4 rings (SSSR count). The minimum atomic E-state index is -0.641. The maximum atomic E-state index is 14.1. The van der Waals surface area contributed by atoms with Crippen LogP contribution in [0.1, 0.15) is 30.9 Å². The van der Waals surface area contributed by atoms with Gasteiger partial charge in [0, 0.05) is 25.2 Å². The molecule has 2 aliphatic rings.